The summed E-state index contributed by atoms with van der Waals surface area (Å²) in [7, 11) is 0. The quantitative estimate of drug-likeness (QED) is 0.212. The number of hydrogen-bond acceptors (Lipinski definition) is 5. The summed E-state index contributed by atoms with van der Waals surface area (Å²) >= 11 is 0. The molecule has 0 amide bonds. The second-order valence-electron chi connectivity index (χ2n) is 9.87. The summed E-state index contributed by atoms with van der Waals surface area (Å²) in [5.41, 5.74) is 11.5. The van der Waals surface area contributed by atoms with E-state index in [0.29, 0.717) is 0 Å². The van der Waals surface area contributed by atoms with Crippen LogP contribution < -0.4 is 0 Å². The van der Waals surface area contributed by atoms with Crippen molar-refractivity contribution in [1.82, 2.24) is 24.9 Å². The van der Waals surface area contributed by atoms with Gasteiger partial charge in [-0.2, -0.15) is 0 Å². The molecule has 198 valence electrons. The smallest absolute Gasteiger partial charge is 0.0894 e. The number of hydrogen-bond donors (Lipinski definition) is 0. The highest BCUT2D eigenvalue weighted by Crippen LogP contribution is 2.33. The highest BCUT2D eigenvalue weighted by molar-refractivity contribution is 5.81. The lowest BCUT2D eigenvalue weighted by Crippen LogP contribution is -1.92. The number of nitrogens with zero attached hydrogens (tertiary/aromatic N) is 5. The van der Waals surface area contributed by atoms with E-state index in [9.17, 15) is 0 Å². The Morgan fingerprint density at radius 2 is 0.738 bits per heavy atom. The second kappa shape index (κ2) is 11.4. The average Bonchev–Trinajstić information content (AvgIpc) is 3.09. The molecule has 7 rings (SSSR count). The lowest BCUT2D eigenvalue weighted by Gasteiger charge is -2.12. The highest BCUT2D eigenvalue weighted by atomic mass is 14.8. The van der Waals surface area contributed by atoms with E-state index in [1.807, 2.05) is 85.2 Å². The SMILES string of the molecule is c1ccc(-c2cc(-c3ccc(-c4ccccn4)nc3)cc(-c3ccc(-c4cccc(-c5ccccn5)n4)nc3)c2)cc1. The van der Waals surface area contributed by atoms with Crippen molar-refractivity contribution in [3.8, 4) is 67.5 Å². The van der Waals surface area contributed by atoms with E-state index in [0.717, 1.165) is 67.5 Å². The molecule has 0 aliphatic carbocycles. The Bertz CT molecular complexity index is 1940. The van der Waals surface area contributed by atoms with E-state index in [2.05, 4.69) is 64.6 Å². The van der Waals surface area contributed by atoms with Crippen molar-refractivity contribution in [2.45, 2.75) is 0 Å². The predicted molar refractivity (Wildman–Crippen MR) is 168 cm³/mol. The first kappa shape index (κ1) is 25.2. The fourth-order valence-electron chi connectivity index (χ4n) is 4.94. The first-order chi connectivity index (χ1) is 20.8. The van der Waals surface area contributed by atoms with E-state index in [1.54, 1.807) is 12.4 Å². The molecule has 5 nitrogen and oxygen atoms in total. The fraction of sp³-hybridized carbons (Fsp3) is 0. The molecule has 0 radical (unpaired) electrons. The molecule has 2 aromatic carbocycles. The Labute approximate surface area is 244 Å². The highest BCUT2D eigenvalue weighted by Gasteiger charge is 2.11. The zero-order chi connectivity index (χ0) is 28.1. The third-order valence-corrected chi connectivity index (χ3v) is 7.10. The van der Waals surface area contributed by atoms with E-state index in [-0.39, 0.29) is 0 Å². The second-order valence-corrected chi connectivity index (χ2v) is 9.87. The topological polar surface area (TPSA) is 64.5 Å². The van der Waals surface area contributed by atoms with Crippen molar-refractivity contribution < 1.29 is 0 Å². The van der Waals surface area contributed by atoms with Crippen molar-refractivity contribution in [1.29, 1.82) is 0 Å². The van der Waals surface area contributed by atoms with Crippen LogP contribution in [0.15, 0.2) is 152 Å². The van der Waals surface area contributed by atoms with Crippen molar-refractivity contribution in [2.24, 2.45) is 0 Å². The van der Waals surface area contributed by atoms with Gasteiger partial charge in [-0.3, -0.25) is 19.9 Å². The normalized spacial score (nSPS) is 10.9. The van der Waals surface area contributed by atoms with Crippen molar-refractivity contribution in [3.63, 3.8) is 0 Å². The van der Waals surface area contributed by atoms with Crippen LogP contribution in [0.2, 0.25) is 0 Å². The lowest BCUT2D eigenvalue weighted by atomic mass is 9.94. The summed E-state index contributed by atoms with van der Waals surface area (Å²) in [4.78, 5) is 23.2. The van der Waals surface area contributed by atoms with E-state index in [1.165, 1.54) is 0 Å². The number of pyridine rings is 5. The molecule has 0 saturated carbocycles. The molecular formula is C37H25N5. The molecule has 0 fully saturated rings. The molecule has 5 aromatic heterocycles. The van der Waals surface area contributed by atoms with Crippen LogP contribution in [0.25, 0.3) is 67.5 Å². The van der Waals surface area contributed by atoms with Gasteiger partial charge in [-0.05, 0) is 89.0 Å². The third kappa shape index (κ3) is 5.31. The van der Waals surface area contributed by atoms with E-state index >= 15 is 0 Å². The minimum atomic E-state index is 0.808. The summed E-state index contributed by atoms with van der Waals surface area (Å²) < 4.78 is 0. The molecule has 7 aromatic rings. The zero-order valence-corrected chi connectivity index (χ0v) is 22.7. The molecule has 5 heteroatoms. The van der Waals surface area contributed by atoms with E-state index < -0.39 is 0 Å². The Morgan fingerprint density at radius 1 is 0.286 bits per heavy atom. The largest absolute Gasteiger partial charge is 0.255 e. The monoisotopic (exact) mass is 539 g/mol. The van der Waals surface area contributed by atoms with Crippen LogP contribution in [0.3, 0.4) is 0 Å². The summed E-state index contributed by atoms with van der Waals surface area (Å²) in [5, 5.41) is 0. The standard InChI is InChI=1S/C37H25N5/c1-2-9-26(10-3-1)29-21-30(27-15-17-34(40-24-27)32-11-4-6-19-38-32)23-31(22-29)28-16-18-35(41-25-28)37-14-8-13-36(42-37)33-12-5-7-20-39-33/h1-25H. The van der Waals surface area contributed by atoms with Gasteiger partial charge in [-0.1, -0.05) is 60.7 Å². The van der Waals surface area contributed by atoms with Gasteiger partial charge >= 0.3 is 0 Å². The number of aromatic nitrogens is 5. The summed E-state index contributed by atoms with van der Waals surface area (Å²) in [6.07, 6.45) is 7.40. The van der Waals surface area contributed by atoms with Gasteiger partial charge in [-0.25, -0.2) is 4.98 Å². The molecule has 0 spiro atoms. The maximum atomic E-state index is 4.82. The molecule has 0 bridgehead atoms. The first-order valence-corrected chi connectivity index (χ1v) is 13.7. The van der Waals surface area contributed by atoms with Crippen LogP contribution in [-0.4, -0.2) is 24.9 Å². The molecule has 0 N–H and O–H groups in total. The van der Waals surface area contributed by atoms with Crippen LogP contribution in [0.1, 0.15) is 0 Å². The van der Waals surface area contributed by atoms with Gasteiger partial charge in [-0.15, -0.1) is 0 Å². The zero-order valence-electron chi connectivity index (χ0n) is 22.7. The fourth-order valence-corrected chi connectivity index (χ4v) is 4.94. The predicted octanol–water partition coefficient (Wildman–Crippen LogP) is 8.66. The summed E-state index contributed by atoms with van der Waals surface area (Å²) in [5.74, 6) is 0. The van der Waals surface area contributed by atoms with Crippen molar-refractivity contribution >= 4 is 0 Å². The lowest BCUT2D eigenvalue weighted by molar-refractivity contribution is 1.22. The maximum Gasteiger partial charge on any atom is 0.0894 e. The molecule has 42 heavy (non-hydrogen) atoms. The van der Waals surface area contributed by atoms with Gasteiger partial charge in [0, 0.05) is 35.9 Å². The van der Waals surface area contributed by atoms with Crippen LogP contribution in [-0.2, 0) is 0 Å². The van der Waals surface area contributed by atoms with Crippen LogP contribution >= 0.6 is 0 Å². The minimum absolute atomic E-state index is 0.808. The Kier molecular flexibility index (Phi) is 6.81. The maximum absolute atomic E-state index is 4.82. The molecule has 0 aliphatic heterocycles. The van der Waals surface area contributed by atoms with E-state index in [4.69, 9.17) is 15.0 Å². The summed E-state index contributed by atoms with van der Waals surface area (Å²) in [6.45, 7) is 0. The molecule has 5 heterocycles. The van der Waals surface area contributed by atoms with Gasteiger partial charge in [0.05, 0.1) is 34.2 Å². The van der Waals surface area contributed by atoms with Gasteiger partial charge in [0.25, 0.3) is 0 Å². The molecule has 0 unspecified atom stereocenters. The van der Waals surface area contributed by atoms with Gasteiger partial charge in [0.1, 0.15) is 0 Å². The first-order valence-electron chi connectivity index (χ1n) is 13.7. The van der Waals surface area contributed by atoms with Gasteiger partial charge in [0.15, 0.2) is 0 Å². The Hall–Kier alpha value is -5.81. The van der Waals surface area contributed by atoms with Gasteiger partial charge in [0.2, 0.25) is 0 Å². The van der Waals surface area contributed by atoms with Crippen molar-refractivity contribution in [2.75, 3.05) is 0 Å². The number of rotatable bonds is 6. The van der Waals surface area contributed by atoms with Gasteiger partial charge < -0.3 is 0 Å². The van der Waals surface area contributed by atoms with Crippen LogP contribution in [0.5, 0.6) is 0 Å². The average molecular weight is 540 g/mol. The van der Waals surface area contributed by atoms with Crippen molar-refractivity contribution in [3.05, 3.63) is 152 Å². The molecule has 0 atom stereocenters. The number of benzene rings is 2. The minimum Gasteiger partial charge on any atom is -0.255 e. The molecule has 0 saturated heterocycles. The molecule has 0 aliphatic rings. The van der Waals surface area contributed by atoms with Crippen LogP contribution in [0.4, 0.5) is 0 Å². The third-order valence-electron chi connectivity index (χ3n) is 7.10. The molecular weight excluding hydrogens is 514 g/mol. The van der Waals surface area contributed by atoms with Crippen LogP contribution in [0, 0.1) is 0 Å². The Balaban J connectivity index is 1.25. The summed E-state index contributed by atoms with van der Waals surface area (Å²) in [6, 6.07) is 42.9. The Morgan fingerprint density at radius 3 is 1.24 bits per heavy atom.